The van der Waals surface area contributed by atoms with E-state index in [-0.39, 0.29) is 6.47 Å². The van der Waals surface area contributed by atoms with Crippen molar-refractivity contribution >= 4 is 12.4 Å². The molecule has 24 heavy (non-hydrogen) atoms. The van der Waals surface area contributed by atoms with Crippen molar-refractivity contribution in [1.29, 1.82) is 0 Å². The Labute approximate surface area is 144 Å². The van der Waals surface area contributed by atoms with Crippen molar-refractivity contribution in [2.75, 3.05) is 39.4 Å². The third-order valence-corrected chi connectivity index (χ3v) is 5.54. The maximum absolute atomic E-state index is 12.0. The topological polar surface area (TPSA) is 78.9 Å². The van der Waals surface area contributed by atoms with Gasteiger partial charge in [-0.25, -0.2) is 0 Å². The highest BCUT2D eigenvalue weighted by atomic mass is 16.5. The highest BCUT2D eigenvalue weighted by Gasteiger charge is 2.26. The molecule has 2 aliphatic heterocycles. The fraction of sp³-hybridized carbons (Fsp3) is 0.889. The molecule has 2 saturated heterocycles. The number of nitrogens with one attached hydrogen (secondary N) is 1. The molecule has 1 saturated carbocycles. The van der Waals surface area contributed by atoms with Gasteiger partial charge < -0.3 is 20.1 Å². The van der Waals surface area contributed by atoms with E-state index in [1.54, 1.807) is 0 Å². The van der Waals surface area contributed by atoms with Crippen LogP contribution in [0.15, 0.2) is 0 Å². The molecule has 0 aromatic rings. The summed E-state index contributed by atoms with van der Waals surface area (Å²) in [6.07, 6.45) is 8.39. The molecule has 0 aromatic heterocycles. The van der Waals surface area contributed by atoms with Crippen molar-refractivity contribution < 1.29 is 19.4 Å². The predicted octanol–water partition coefficient (Wildman–Crippen LogP) is 1.74. The van der Waals surface area contributed by atoms with Gasteiger partial charge in [0, 0.05) is 25.6 Å². The Morgan fingerprint density at radius 3 is 2.38 bits per heavy atom. The molecule has 1 unspecified atom stereocenters. The number of carboxylic acid groups (broad SMARTS) is 1. The molecule has 3 fully saturated rings. The lowest BCUT2D eigenvalue weighted by Crippen LogP contribution is -2.41. The minimum absolute atomic E-state index is 0.250. The lowest BCUT2D eigenvalue weighted by atomic mass is 9.95. The first-order valence-electron chi connectivity index (χ1n) is 9.38. The fourth-order valence-electron chi connectivity index (χ4n) is 4.04. The minimum Gasteiger partial charge on any atom is -0.483 e. The lowest BCUT2D eigenvalue weighted by molar-refractivity contribution is -0.125. The van der Waals surface area contributed by atoms with E-state index in [1.165, 1.54) is 51.7 Å². The van der Waals surface area contributed by atoms with E-state index < -0.39 is 0 Å². The highest BCUT2D eigenvalue weighted by Crippen LogP contribution is 2.25. The first-order valence-corrected chi connectivity index (χ1v) is 9.38. The number of piperidine rings is 1. The van der Waals surface area contributed by atoms with E-state index in [4.69, 9.17) is 14.6 Å². The zero-order valence-electron chi connectivity index (χ0n) is 14.6. The number of ether oxygens (including phenoxy) is 1. The first-order chi connectivity index (χ1) is 11.7. The molecule has 0 spiro atoms. The van der Waals surface area contributed by atoms with Gasteiger partial charge >= 0.3 is 0 Å². The number of carbonyl (C=O) groups is 2. The fourth-order valence-corrected chi connectivity index (χ4v) is 4.04. The largest absolute Gasteiger partial charge is 0.483 e. The SMILES string of the molecule is O=C(NCC1CCN(CC2CCOC2)CC1)C1CCCC1.O=CO. The van der Waals surface area contributed by atoms with Gasteiger partial charge in [-0.2, -0.15) is 0 Å². The average Bonchev–Trinajstić information content (AvgIpc) is 3.28. The Balaban J connectivity index is 0.000000647. The summed E-state index contributed by atoms with van der Waals surface area (Å²) in [4.78, 5) is 23.0. The van der Waals surface area contributed by atoms with Crippen LogP contribution in [0.5, 0.6) is 0 Å². The number of carbonyl (C=O) groups excluding carboxylic acids is 1. The molecule has 0 radical (unpaired) electrons. The van der Waals surface area contributed by atoms with Crippen molar-refractivity contribution in [2.45, 2.75) is 44.9 Å². The van der Waals surface area contributed by atoms with E-state index >= 15 is 0 Å². The van der Waals surface area contributed by atoms with Gasteiger partial charge in [0.1, 0.15) is 0 Å². The van der Waals surface area contributed by atoms with Gasteiger partial charge in [0.15, 0.2) is 0 Å². The first kappa shape index (κ1) is 19.2. The molecule has 1 atom stereocenters. The third-order valence-electron chi connectivity index (χ3n) is 5.54. The molecule has 3 aliphatic rings. The van der Waals surface area contributed by atoms with Gasteiger partial charge in [0.2, 0.25) is 5.91 Å². The van der Waals surface area contributed by atoms with Crippen molar-refractivity contribution in [3.8, 4) is 0 Å². The summed E-state index contributed by atoms with van der Waals surface area (Å²) in [6, 6.07) is 0. The molecule has 1 amide bonds. The number of hydrogen-bond donors (Lipinski definition) is 2. The normalized spacial score (nSPS) is 25.9. The molecule has 6 nitrogen and oxygen atoms in total. The Bertz CT molecular complexity index is 371. The molecule has 0 aromatic carbocycles. The summed E-state index contributed by atoms with van der Waals surface area (Å²) >= 11 is 0. The zero-order chi connectivity index (χ0) is 17.2. The van der Waals surface area contributed by atoms with Crippen LogP contribution in [0.25, 0.3) is 0 Å². The van der Waals surface area contributed by atoms with Gasteiger partial charge in [-0.1, -0.05) is 12.8 Å². The molecule has 6 heteroatoms. The molecular weight excluding hydrogens is 308 g/mol. The number of rotatable bonds is 5. The van der Waals surface area contributed by atoms with E-state index in [9.17, 15) is 4.79 Å². The van der Waals surface area contributed by atoms with Crippen LogP contribution in [-0.2, 0) is 14.3 Å². The predicted molar refractivity (Wildman–Crippen MR) is 91.8 cm³/mol. The number of likely N-dealkylation sites (tertiary alicyclic amines) is 1. The maximum Gasteiger partial charge on any atom is 0.290 e. The van der Waals surface area contributed by atoms with Crippen LogP contribution in [0.1, 0.15) is 44.9 Å². The summed E-state index contributed by atoms with van der Waals surface area (Å²) in [6.45, 7) is 6.16. The second kappa shape index (κ2) is 10.7. The average molecular weight is 340 g/mol. The van der Waals surface area contributed by atoms with Crippen LogP contribution in [0.2, 0.25) is 0 Å². The number of amides is 1. The zero-order valence-corrected chi connectivity index (χ0v) is 14.6. The van der Waals surface area contributed by atoms with E-state index in [1.807, 2.05) is 0 Å². The second-order valence-electron chi connectivity index (χ2n) is 7.31. The van der Waals surface area contributed by atoms with Gasteiger partial charge in [-0.05, 0) is 57.0 Å². The summed E-state index contributed by atoms with van der Waals surface area (Å²) < 4.78 is 5.46. The van der Waals surface area contributed by atoms with Crippen molar-refractivity contribution in [2.24, 2.45) is 17.8 Å². The van der Waals surface area contributed by atoms with E-state index in [2.05, 4.69) is 10.2 Å². The van der Waals surface area contributed by atoms with Crippen LogP contribution in [-0.4, -0.2) is 61.8 Å². The van der Waals surface area contributed by atoms with Gasteiger partial charge in [0.25, 0.3) is 6.47 Å². The monoisotopic (exact) mass is 340 g/mol. The molecular formula is C18H32N2O4. The lowest BCUT2D eigenvalue weighted by Gasteiger charge is -2.33. The summed E-state index contributed by atoms with van der Waals surface area (Å²) in [5.74, 6) is 2.07. The molecule has 3 rings (SSSR count). The maximum atomic E-state index is 12.0. The molecule has 1 aliphatic carbocycles. The Morgan fingerprint density at radius 2 is 1.79 bits per heavy atom. The minimum atomic E-state index is -0.250. The number of hydrogen-bond acceptors (Lipinski definition) is 4. The Hall–Kier alpha value is -1.14. The summed E-state index contributed by atoms with van der Waals surface area (Å²) in [7, 11) is 0. The van der Waals surface area contributed by atoms with Crippen LogP contribution in [0.3, 0.4) is 0 Å². The van der Waals surface area contributed by atoms with Gasteiger partial charge in [-0.15, -0.1) is 0 Å². The third kappa shape index (κ3) is 6.40. The summed E-state index contributed by atoms with van der Waals surface area (Å²) in [5, 5.41) is 10.1. The van der Waals surface area contributed by atoms with Crippen LogP contribution >= 0.6 is 0 Å². The molecule has 138 valence electrons. The second-order valence-corrected chi connectivity index (χ2v) is 7.31. The highest BCUT2D eigenvalue weighted by molar-refractivity contribution is 5.78. The summed E-state index contributed by atoms with van der Waals surface area (Å²) in [5.41, 5.74) is 0. The van der Waals surface area contributed by atoms with Crippen molar-refractivity contribution in [1.82, 2.24) is 10.2 Å². The smallest absolute Gasteiger partial charge is 0.290 e. The standard InChI is InChI=1S/C17H30N2O2.CH2O2/c20-17(16-3-1-2-4-16)18-11-14-5-8-19(9-6-14)12-15-7-10-21-13-15;2-1-3/h14-16H,1-13H2,(H,18,20);1H,(H,2,3). The van der Waals surface area contributed by atoms with Crippen LogP contribution in [0.4, 0.5) is 0 Å². The Kier molecular flexibility index (Phi) is 8.53. The Morgan fingerprint density at radius 1 is 1.12 bits per heavy atom. The van der Waals surface area contributed by atoms with E-state index in [0.717, 1.165) is 38.5 Å². The van der Waals surface area contributed by atoms with Gasteiger partial charge in [-0.3, -0.25) is 9.59 Å². The van der Waals surface area contributed by atoms with Crippen molar-refractivity contribution in [3.05, 3.63) is 0 Å². The van der Waals surface area contributed by atoms with E-state index in [0.29, 0.717) is 17.7 Å². The van der Waals surface area contributed by atoms with Crippen LogP contribution in [0, 0.1) is 17.8 Å². The quantitative estimate of drug-likeness (QED) is 0.745. The molecule has 0 bridgehead atoms. The molecule has 2 heterocycles. The van der Waals surface area contributed by atoms with Crippen LogP contribution < -0.4 is 5.32 Å². The number of nitrogens with zero attached hydrogens (tertiary/aromatic N) is 1. The van der Waals surface area contributed by atoms with Gasteiger partial charge in [0.05, 0.1) is 6.61 Å². The molecule has 2 N–H and O–H groups in total. The van der Waals surface area contributed by atoms with Crippen molar-refractivity contribution in [3.63, 3.8) is 0 Å².